The molecule has 1 heterocycles. The van der Waals surface area contributed by atoms with Crippen LogP contribution >= 0.6 is 0 Å². The summed E-state index contributed by atoms with van der Waals surface area (Å²) < 4.78 is 0. The number of pyridine rings is 1. The molecular weight excluding hydrogens is 210 g/mol. The van der Waals surface area contributed by atoms with Crippen molar-refractivity contribution < 1.29 is 9.72 Å². The number of aromatic nitrogens is 1. The van der Waals surface area contributed by atoms with Crippen molar-refractivity contribution in [2.45, 2.75) is 13.3 Å². The quantitative estimate of drug-likeness (QED) is 0.572. The average Bonchev–Trinajstić information content (AvgIpc) is 2.28. The standard InChI is InChI=1S/C10H13N3O3/c1-3-4-12(2)10(14)8-5-9(13(15)16)7-11-6-8/h5-7H,3-4H2,1-2H3. The van der Waals surface area contributed by atoms with Crippen molar-refractivity contribution in [1.82, 2.24) is 9.88 Å². The number of hydrogen-bond donors (Lipinski definition) is 0. The second kappa shape index (κ2) is 5.20. The Bertz CT molecular complexity index is 406. The van der Waals surface area contributed by atoms with Crippen LogP contribution in [-0.4, -0.2) is 34.3 Å². The maximum Gasteiger partial charge on any atom is 0.288 e. The Kier molecular flexibility index (Phi) is 3.93. The summed E-state index contributed by atoms with van der Waals surface area (Å²) in [6.45, 7) is 2.57. The molecule has 1 rings (SSSR count). The molecule has 0 atom stereocenters. The minimum atomic E-state index is -0.566. The number of carbonyl (C=O) groups excluding carboxylic acids is 1. The lowest BCUT2D eigenvalue weighted by atomic mass is 10.2. The van der Waals surface area contributed by atoms with E-state index in [-0.39, 0.29) is 17.2 Å². The summed E-state index contributed by atoms with van der Waals surface area (Å²) in [6.07, 6.45) is 3.29. The molecule has 0 N–H and O–H groups in total. The summed E-state index contributed by atoms with van der Waals surface area (Å²) >= 11 is 0. The van der Waals surface area contributed by atoms with Crippen LogP contribution in [0.15, 0.2) is 18.5 Å². The van der Waals surface area contributed by atoms with E-state index < -0.39 is 4.92 Å². The molecule has 0 fully saturated rings. The monoisotopic (exact) mass is 223 g/mol. The van der Waals surface area contributed by atoms with Crippen LogP contribution in [0.2, 0.25) is 0 Å². The molecule has 6 heteroatoms. The molecule has 1 aromatic heterocycles. The average molecular weight is 223 g/mol. The zero-order chi connectivity index (χ0) is 12.1. The summed E-state index contributed by atoms with van der Waals surface area (Å²) in [4.78, 5) is 26.9. The predicted octanol–water partition coefficient (Wildman–Crippen LogP) is 1.47. The third-order valence-electron chi connectivity index (χ3n) is 2.09. The largest absolute Gasteiger partial charge is 0.342 e. The molecule has 16 heavy (non-hydrogen) atoms. The molecule has 1 aromatic rings. The van der Waals surface area contributed by atoms with Crippen LogP contribution in [0.4, 0.5) is 5.69 Å². The topological polar surface area (TPSA) is 76.3 Å². The summed E-state index contributed by atoms with van der Waals surface area (Å²) in [6, 6.07) is 1.24. The molecule has 0 aliphatic carbocycles. The summed E-state index contributed by atoms with van der Waals surface area (Å²) in [5, 5.41) is 10.5. The molecular formula is C10H13N3O3. The normalized spacial score (nSPS) is 9.88. The van der Waals surface area contributed by atoms with E-state index in [1.54, 1.807) is 7.05 Å². The lowest BCUT2D eigenvalue weighted by Gasteiger charge is -2.15. The van der Waals surface area contributed by atoms with Crippen molar-refractivity contribution in [2.75, 3.05) is 13.6 Å². The van der Waals surface area contributed by atoms with E-state index in [1.165, 1.54) is 17.2 Å². The van der Waals surface area contributed by atoms with Crippen LogP contribution < -0.4 is 0 Å². The van der Waals surface area contributed by atoms with Gasteiger partial charge in [0, 0.05) is 25.9 Å². The molecule has 0 bridgehead atoms. The van der Waals surface area contributed by atoms with Gasteiger partial charge in [-0.2, -0.15) is 0 Å². The van der Waals surface area contributed by atoms with Crippen LogP contribution in [0.3, 0.4) is 0 Å². The molecule has 86 valence electrons. The van der Waals surface area contributed by atoms with E-state index in [2.05, 4.69) is 4.98 Å². The van der Waals surface area contributed by atoms with Crippen LogP contribution in [0.25, 0.3) is 0 Å². The fraction of sp³-hybridized carbons (Fsp3) is 0.400. The van der Waals surface area contributed by atoms with Crippen molar-refractivity contribution in [3.63, 3.8) is 0 Å². The van der Waals surface area contributed by atoms with Crippen LogP contribution in [0.5, 0.6) is 0 Å². The van der Waals surface area contributed by atoms with Gasteiger partial charge in [-0.3, -0.25) is 19.9 Å². The van der Waals surface area contributed by atoms with Crippen LogP contribution in [0.1, 0.15) is 23.7 Å². The smallest absolute Gasteiger partial charge is 0.288 e. The van der Waals surface area contributed by atoms with Gasteiger partial charge in [0.1, 0.15) is 6.20 Å². The third kappa shape index (κ3) is 2.75. The number of hydrogen-bond acceptors (Lipinski definition) is 4. The number of nitrogens with zero attached hydrogens (tertiary/aromatic N) is 3. The second-order valence-electron chi connectivity index (χ2n) is 3.42. The second-order valence-corrected chi connectivity index (χ2v) is 3.42. The van der Waals surface area contributed by atoms with Crippen LogP contribution in [0, 0.1) is 10.1 Å². The number of amides is 1. The molecule has 0 saturated heterocycles. The van der Waals surface area contributed by atoms with Gasteiger partial charge in [-0.1, -0.05) is 6.92 Å². The third-order valence-corrected chi connectivity index (χ3v) is 2.09. The highest BCUT2D eigenvalue weighted by Gasteiger charge is 2.15. The van der Waals surface area contributed by atoms with Gasteiger partial charge < -0.3 is 4.90 Å². The van der Waals surface area contributed by atoms with Crippen molar-refractivity contribution in [3.8, 4) is 0 Å². The van der Waals surface area contributed by atoms with Crippen molar-refractivity contribution in [3.05, 3.63) is 34.1 Å². The molecule has 0 aliphatic heterocycles. The Balaban J connectivity index is 2.91. The minimum Gasteiger partial charge on any atom is -0.342 e. The first-order valence-corrected chi connectivity index (χ1v) is 4.91. The number of carbonyl (C=O) groups is 1. The fourth-order valence-electron chi connectivity index (χ4n) is 1.30. The van der Waals surface area contributed by atoms with Crippen LogP contribution in [-0.2, 0) is 0 Å². The number of nitro groups is 1. The molecule has 1 amide bonds. The summed E-state index contributed by atoms with van der Waals surface area (Å²) in [5.41, 5.74) is 0.0703. The van der Waals surface area contributed by atoms with E-state index in [0.29, 0.717) is 6.54 Å². The fourth-order valence-corrected chi connectivity index (χ4v) is 1.30. The highest BCUT2D eigenvalue weighted by molar-refractivity contribution is 5.94. The van der Waals surface area contributed by atoms with Gasteiger partial charge in [0.15, 0.2) is 0 Å². The lowest BCUT2D eigenvalue weighted by Crippen LogP contribution is -2.27. The molecule has 0 aromatic carbocycles. The van der Waals surface area contributed by atoms with E-state index in [9.17, 15) is 14.9 Å². The Morgan fingerprint density at radius 3 is 2.81 bits per heavy atom. The van der Waals surface area contributed by atoms with E-state index >= 15 is 0 Å². The molecule has 0 aliphatic rings. The van der Waals surface area contributed by atoms with Gasteiger partial charge in [0.2, 0.25) is 0 Å². The van der Waals surface area contributed by atoms with Crippen molar-refractivity contribution in [1.29, 1.82) is 0 Å². The Morgan fingerprint density at radius 2 is 2.25 bits per heavy atom. The molecule has 0 unspecified atom stereocenters. The summed E-state index contributed by atoms with van der Waals surface area (Å²) in [7, 11) is 1.66. The predicted molar refractivity (Wildman–Crippen MR) is 58.1 cm³/mol. The lowest BCUT2D eigenvalue weighted by molar-refractivity contribution is -0.385. The van der Waals surface area contributed by atoms with Gasteiger partial charge in [-0.05, 0) is 6.42 Å². The van der Waals surface area contributed by atoms with Gasteiger partial charge in [-0.25, -0.2) is 0 Å². The van der Waals surface area contributed by atoms with E-state index in [4.69, 9.17) is 0 Å². The molecule has 6 nitrogen and oxygen atoms in total. The SMILES string of the molecule is CCCN(C)C(=O)c1cncc([N+](=O)[O-])c1. The highest BCUT2D eigenvalue weighted by Crippen LogP contribution is 2.12. The first-order valence-electron chi connectivity index (χ1n) is 4.91. The number of rotatable bonds is 4. The Hall–Kier alpha value is -1.98. The van der Waals surface area contributed by atoms with Crippen molar-refractivity contribution in [2.24, 2.45) is 0 Å². The Labute approximate surface area is 93.1 Å². The van der Waals surface area contributed by atoms with E-state index in [1.807, 2.05) is 6.92 Å². The first kappa shape index (κ1) is 12.1. The zero-order valence-corrected chi connectivity index (χ0v) is 9.21. The minimum absolute atomic E-state index is 0.171. The molecule has 0 spiro atoms. The highest BCUT2D eigenvalue weighted by atomic mass is 16.6. The Morgan fingerprint density at radius 1 is 1.56 bits per heavy atom. The maximum absolute atomic E-state index is 11.8. The molecule has 0 saturated carbocycles. The van der Waals surface area contributed by atoms with Gasteiger partial charge in [0.25, 0.3) is 11.6 Å². The van der Waals surface area contributed by atoms with Gasteiger partial charge in [-0.15, -0.1) is 0 Å². The molecule has 0 radical (unpaired) electrons. The zero-order valence-electron chi connectivity index (χ0n) is 9.21. The first-order chi connectivity index (χ1) is 7.56. The van der Waals surface area contributed by atoms with Gasteiger partial charge in [0.05, 0.1) is 10.5 Å². The van der Waals surface area contributed by atoms with E-state index in [0.717, 1.165) is 12.6 Å². The summed E-state index contributed by atoms with van der Waals surface area (Å²) in [5.74, 6) is -0.252. The van der Waals surface area contributed by atoms with Gasteiger partial charge >= 0.3 is 0 Å². The maximum atomic E-state index is 11.8. The van der Waals surface area contributed by atoms with Crippen molar-refractivity contribution >= 4 is 11.6 Å².